The van der Waals surface area contributed by atoms with Crippen molar-refractivity contribution >= 4 is 5.91 Å². The Labute approximate surface area is 98.6 Å². The average Bonchev–Trinajstić information content (AvgIpc) is 2.27. The van der Waals surface area contributed by atoms with Gasteiger partial charge in [-0.2, -0.15) is 0 Å². The minimum Gasteiger partial charge on any atom is -0.353 e. The zero-order valence-corrected chi connectivity index (χ0v) is 10.8. The maximum Gasteiger partial charge on any atom is 0.236 e. The van der Waals surface area contributed by atoms with Crippen LogP contribution in [0.2, 0.25) is 0 Å². The summed E-state index contributed by atoms with van der Waals surface area (Å²) in [4.78, 5) is 13.9. The molecule has 0 bridgehead atoms. The SMILES string of the molecule is CC(N)C(=O)NCC(C)(C)N1CCCCC1. The predicted octanol–water partition coefficient (Wildman–Crippen LogP) is 0.714. The minimum absolute atomic E-state index is 0.0327. The van der Waals surface area contributed by atoms with Crippen molar-refractivity contribution in [2.24, 2.45) is 5.73 Å². The van der Waals surface area contributed by atoms with Gasteiger partial charge in [0.1, 0.15) is 0 Å². The highest BCUT2D eigenvalue weighted by Crippen LogP contribution is 2.19. The number of carbonyl (C=O) groups is 1. The molecule has 0 saturated carbocycles. The van der Waals surface area contributed by atoms with Gasteiger partial charge in [0.25, 0.3) is 0 Å². The van der Waals surface area contributed by atoms with E-state index >= 15 is 0 Å². The Bertz CT molecular complexity index is 232. The molecule has 1 fully saturated rings. The number of piperidine rings is 1. The van der Waals surface area contributed by atoms with Gasteiger partial charge in [-0.05, 0) is 46.7 Å². The molecule has 1 aliphatic heterocycles. The number of rotatable bonds is 4. The first-order valence-electron chi connectivity index (χ1n) is 6.22. The first-order valence-corrected chi connectivity index (χ1v) is 6.22. The van der Waals surface area contributed by atoms with Crippen LogP contribution >= 0.6 is 0 Å². The lowest BCUT2D eigenvalue weighted by atomic mass is 9.98. The molecule has 94 valence electrons. The summed E-state index contributed by atoms with van der Waals surface area (Å²) in [6.07, 6.45) is 3.87. The van der Waals surface area contributed by atoms with E-state index in [4.69, 9.17) is 5.73 Å². The molecule has 0 aliphatic carbocycles. The second-order valence-corrected chi connectivity index (χ2v) is 5.37. The number of hydrogen-bond donors (Lipinski definition) is 2. The monoisotopic (exact) mass is 227 g/mol. The summed E-state index contributed by atoms with van der Waals surface area (Å²) in [5.41, 5.74) is 5.55. The second kappa shape index (κ2) is 5.64. The Morgan fingerprint density at radius 2 is 1.94 bits per heavy atom. The molecule has 16 heavy (non-hydrogen) atoms. The molecule has 0 radical (unpaired) electrons. The Balaban J connectivity index is 2.40. The van der Waals surface area contributed by atoms with Gasteiger partial charge in [-0.3, -0.25) is 9.69 Å². The van der Waals surface area contributed by atoms with E-state index in [0.29, 0.717) is 6.54 Å². The van der Waals surface area contributed by atoms with Gasteiger partial charge < -0.3 is 11.1 Å². The molecule has 1 heterocycles. The highest BCUT2D eigenvalue weighted by molar-refractivity contribution is 5.81. The van der Waals surface area contributed by atoms with Crippen LogP contribution in [0.5, 0.6) is 0 Å². The van der Waals surface area contributed by atoms with E-state index < -0.39 is 6.04 Å². The van der Waals surface area contributed by atoms with E-state index in [1.807, 2.05) is 0 Å². The average molecular weight is 227 g/mol. The summed E-state index contributed by atoms with van der Waals surface area (Å²) in [6, 6.07) is -0.419. The first kappa shape index (κ1) is 13.5. The third kappa shape index (κ3) is 3.76. The van der Waals surface area contributed by atoms with Gasteiger partial charge in [-0.1, -0.05) is 6.42 Å². The largest absolute Gasteiger partial charge is 0.353 e. The molecule has 4 heteroatoms. The highest BCUT2D eigenvalue weighted by Gasteiger charge is 2.28. The van der Waals surface area contributed by atoms with Crippen LogP contribution in [0.25, 0.3) is 0 Å². The zero-order chi connectivity index (χ0) is 12.2. The van der Waals surface area contributed by atoms with E-state index in [-0.39, 0.29) is 11.4 Å². The van der Waals surface area contributed by atoms with E-state index in [2.05, 4.69) is 24.1 Å². The van der Waals surface area contributed by atoms with Crippen molar-refractivity contribution in [1.82, 2.24) is 10.2 Å². The molecule has 0 aromatic carbocycles. The van der Waals surface area contributed by atoms with Crippen molar-refractivity contribution < 1.29 is 4.79 Å². The van der Waals surface area contributed by atoms with Crippen molar-refractivity contribution in [3.63, 3.8) is 0 Å². The summed E-state index contributed by atoms with van der Waals surface area (Å²) in [5.74, 6) is -0.0647. The van der Waals surface area contributed by atoms with Gasteiger partial charge in [-0.25, -0.2) is 0 Å². The minimum atomic E-state index is -0.419. The number of amides is 1. The van der Waals surface area contributed by atoms with Gasteiger partial charge in [0.2, 0.25) is 5.91 Å². The van der Waals surface area contributed by atoms with Crippen LogP contribution in [0, 0.1) is 0 Å². The van der Waals surface area contributed by atoms with Crippen LogP contribution in [-0.2, 0) is 4.79 Å². The van der Waals surface area contributed by atoms with Crippen LogP contribution < -0.4 is 11.1 Å². The van der Waals surface area contributed by atoms with Crippen molar-refractivity contribution in [3.8, 4) is 0 Å². The molecule has 1 atom stereocenters. The van der Waals surface area contributed by atoms with Crippen molar-refractivity contribution in [3.05, 3.63) is 0 Å². The normalized spacial score (nSPS) is 20.5. The fourth-order valence-corrected chi connectivity index (χ4v) is 2.08. The lowest BCUT2D eigenvalue weighted by Crippen LogP contribution is -2.54. The fourth-order valence-electron chi connectivity index (χ4n) is 2.08. The first-order chi connectivity index (χ1) is 7.43. The Hall–Kier alpha value is -0.610. The summed E-state index contributed by atoms with van der Waals surface area (Å²) in [7, 11) is 0. The van der Waals surface area contributed by atoms with E-state index in [1.165, 1.54) is 19.3 Å². The molecule has 1 rings (SSSR count). The number of carbonyl (C=O) groups excluding carboxylic acids is 1. The topological polar surface area (TPSA) is 58.4 Å². The summed E-state index contributed by atoms with van der Waals surface area (Å²) >= 11 is 0. The summed E-state index contributed by atoms with van der Waals surface area (Å²) in [5, 5.41) is 2.91. The molecule has 0 aromatic rings. The van der Waals surface area contributed by atoms with Gasteiger partial charge in [0.05, 0.1) is 6.04 Å². The standard InChI is InChI=1S/C12H25N3O/c1-10(13)11(16)14-9-12(2,3)15-7-5-4-6-8-15/h10H,4-9,13H2,1-3H3,(H,14,16). The van der Waals surface area contributed by atoms with E-state index in [9.17, 15) is 4.79 Å². The smallest absolute Gasteiger partial charge is 0.236 e. The zero-order valence-electron chi connectivity index (χ0n) is 10.8. The highest BCUT2D eigenvalue weighted by atomic mass is 16.2. The van der Waals surface area contributed by atoms with Crippen LogP contribution in [0.4, 0.5) is 0 Å². The van der Waals surface area contributed by atoms with Crippen molar-refractivity contribution in [2.75, 3.05) is 19.6 Å². The Kier molecular flexibility index (Phi) is 4.74. The Morgan fingerprint density at radius 3 is 2.44 bits per heavy atom. The summed E-state index contributed by atoms with van der Waals surface area (Å²) < 4.78 is 0. The Morgan fingerprint density at radius 1 is 1.38 bits per heavy atom. The lowest BCUT2D eigenvalue weighted by molar-refractivity contribution is -0.122. The molecule has 0 aromatic heterocycles. The van der Waals surface area contributed by atoms with Crippen LogP contribution in [0.3, 0.4) is 0 Å². The molecule has 1 aliphatic rings. The predicted molar refractivity (Wildman–Crippen MR) is 66.2 cm³/mol. The van der Waals surface area contributed by atoms with Crippen molar-refractivity contribution in [1.29, 1.82) is 0 Å². The van der Waals surface area contributed by atoms with Crippen molar-refractivity contribution in [2.45, 2.75) is 51.6 Å². The maximum atomic E-state index is 11.4. The van der Waals surface area contributed by atoms with Crippen LogP contribution in [-0.4, -0.2) is 42.0 Å². The molecule has 1 saturated heterocycles. The molecular formula is C12H25N3O. The van der Waals surface area contributed by atoms with Crippen LogP contribution in [0.1, 0.15) is 40.0 Å². The second-order valence-electron chi connectivity index (χ2n) is 5.37. The van der Waals surface area contributed by atoms with E-state index in [0.717, 1.165) is 13.1 Å². The number of likely N-dealkylation sites (tertiary alicyclic amines) is 1. The third-order valence-corrected chi connectivity index (χ3v) is 3.32. The number of nitrogens with one attached hydrogen (secondary N) is 1. The van der Waals surface area contributed by atoms with Gasteiger partial charge >= 0.3 is 0 Å². The quantitative estimate of drug-likeness (QED) is 0.744. The van der Waals surface area contributed by atoms with Gasteiger partial charge in [-0.15, -0.1) is 0 Å². The fraction of sp³-hybridized carbons (Fsp3) is 0.917. The summed E-state index contributed by atoms with van der Waals surface area (Å²) in [6.45, 7) is 9.03. The molecule has 0 spiro atoms. The number of hydrogen-bond acceptors (Lipinski definition) is 3. The lowest BCUT2D eigenvalue weighted by Gasteiger charge is -2.41. The molecule has 4 nitrogen and oxygen atoms in total. The molecule has 1 amide bonds. The van der Waals surface area contributed by atoms with Gasteiger partial charge in [0, 0.05) is 12.1 Å². The van der Waals surface area contributed by atoms with Gasteiger partial charge in [0.15, 0.2) is 0 Å². The maximum absolute atomic E-state index is 11.4. The number of nitrogens with zero attached hydrogens (tertiary/aromatic N) is 1. The molecule has 1 unspecified atom stereocenters. The third-order valence-electron chi connectivity index (χ3n) is 3.32. The number of nitrogens with two attached hydrogens (primary N) is 1. The van der Waals surface area contributed by atoms with Crippen LogP contribution in [0.15, 0.2) is 0 Å². The van der Waals surface area contributed by atoms with E-state index in [1.54, 1.807) is 6.92 Å². The molecular weight excluding hydrogens is 202 g/mol. The molecule has 3 N–H and O–H groups in total.